The Bertz CT molecular complexity index is 596. The van der Waals surface area contributed by atoms with E-state index in [9.17, 15) is 0 Å². The first-order valence-electron chi connectivity index (χ1n) is 6.37. The highest BCUT2D eigenvalue weighted by molar-refractivity contribution is 6.38. The number of nitrogens with zero attached hydrogens (tertiary/aromatic N) is 2. The molecule has 1 aliphatic rings. The standard InChI is InChI=1S/C14H16Cl2N2O/c1-17-4-5-19-11(8-17)9-18-3-2-12-13(16)6-10(15)7-14(12)18/h2-3,6-7,11H,4-5,8-9H2,1H3. The Labute approximate surface area is 122 Å². The fourth-order valence-corrected chi connectivity index (χ4v) is 3.12. The van der Waals surface area contributed by atoms with Crippen LogP contribution < -0.4 is 0 Å². The Morgan fingerprint density at radius 3 is 3.00 bits per heavy atom. The lowest BCUT2D eigenvalue weighted by atomic mass is 10.2. The van der Waals surface area contributed by atoms with E-state index >= 15 is 0 Å². The smallest absolute Gasteiger partial charge is 0.0881 e. The molecule has 19 heavy (non-hydrogen) atoms. The third-order valence-corrected chi connectivity index (χ3v) is 4.08. The normalized spacial score (nSPS) is 21.1. The number of ether oxygens (including phenoxy) is 1. The van der Waals surface area contributed by atoms with Gasteiger partial charge >= 0.3 is 0 Å². The molecule has 3 nitrogen and oxygen atoms in total. The van der Waals surface area contributed by atoms with Crippen molar-refractivity contribution in [3.63, 3.8) is 0 Å². The molecule has 0 radical (unpaired) electrons. The summed E-state index contributed by atoms with van der Waals surface area (Å²) in [6.45, 7) is 3.57. The van der Waals surface area contributed by atoms with Gasteiger partial charge in [-0.2, -0.15) is 0 Å². The van der Waals surface area contributed by atoms with E-state index in [0.29, 0.717) is 10.0 Å². The zero-order valence-corrected chi connectivity index (χ0v) is 12.3. The van der Waals surface area contributed by atoms with Crippen molar-refractivity contribution in [3.05, 3.63) is 34.4 Å². The van der Waals surface area contributed by atoms with Crippen LogP contribution in [0.2, 0.25) is 10.0 Å². The fraction of sp³-hybridized carbons (Fsp3) is 0.429. The number of benzene rings is 1. The van der Waals surface area contributed by atoms with Gasteiger partial charge in [-0.05, 0) is 25.2 Å². The zero-order valence-electron chi connectivity index (χ0n) is 10.8. The highest BCUT2D eigenvalue weighted by Crippen LogP contribution is 2.29. The van der Waals surface area contributed by atoms with Gasteiger partial charge in [-0.3, -0.25) is 0 Å². The van der Waals surface area contributed by atoms with Gasteiger partial charge in [0, 0.05) is 29.7 Å². The van der Waals surface area contributed by atoms with E-state index in [1.807, 2.05) is 18.3 Å². The Morgan fingerprint density at radius 2 is 2.21 bits per heavy atom. The summed E-state index contributed by atoms with van der Waals surface area (Å²) in [7, 11) is 2.12. The molecule has 0 spiro atoms. The van der Waals surface area contributed by atoms with Gasteiger partial charge in [0.05, 0.1) is 29.8 Å². The maximum atomic E-state index is 6.20. The van der Waals surface area contributed by atoms with Gasteiger partial charge in [0.15, 0.2) is 0 Å². The van der Waals surface area contributed by atoms with Crippen LogP contribution in [0.4, 0.5) is 0 Å². The van der Waals surface area contributed by atoms with Crippen LogP contribution in [0, 0.1) is 0 Å². The summed E-state index contributed by atoms with van der Waals surface area (Å²) < 4.78 is 7.97. The van der Waals surface area contributed by atoms with Crippen LogP contribution in [-0.2, 0) is 11.3 Å². The molecular weight excluding hydrogens is 283 g/mol. The van der Waals surface area contributed by atoms with Crippen molar-refractivity contribution in [3.8, 4) is 0 Å². The number of aromatic nitrogens is 1. The van der Waals surface area contributed by atoms with Crippen LogP contribution in [0.1, 0.15) is 0 Å². The molecule has 1 atom stereocenters. The summed E-state index contributed by atoms with van der Waals surface area (Å²) in [5.74, 6) is 0. The van der Waals surface area contributed by atoms with Crippen LogP contribution in [0.15, 0.2) is 24.4 Å². The lowest BCUT2D eigenvalue weighted by Crippen LogP contribution is -2.41. The number of rotatable bonds is 2. The number of likely N-dealkylation sites (N-methyl/N-ethyl adjacent to an activating group) is 1. The van der Waals surface area contributed by atoms with E-state index in [0.717, 1.165) is 37.1 Å². The second-order valence-electron chi connectivity index (χ2n) is 5.04. The van der Waals surface area contributed by atoms with E-state index in [1.54, 1.807) is 6.07 Å². The topological polar surface area (TPSA) is 17.4 Å². The summed E-state index contributed by atoms with van der Waals surface area (Å²) in [6.07, 6.45) is 2.26. The second-order valence-corrected chi connectivity index (χ2v) is 5.89. The summed E-state index contributed by atoms with van der Waals surface area (Å²) >= 11 is 12.3. The van der Waals surface area contributed by atoms with Gasteiger partial charge in [-0.25, -0.2) is 0 Å². The third-order valence-electron chi connectivity index (χ3n) is 3.55. The summed E-state index contributed by atoms with van der Waals surface area (Å²) in [6, 6.07) is 5.76. The lowest BCUT2D eigenvalue weighted by Gasteiger charge is -2.30. The largest absolute Gasteiger partial charge is 0.374 e. The molecule has 1 aliphatic heterocycles. The lowest BCUT2D eigenvalue weighted by molar-refractivity contribution is -0.0269. The molecule has 0 N–H and O–H groups in total. The minimum atomic E-state index is 0.215. The van der Waals surface area contributed by atoms with Crippen molar-refractivity contribution in [1.82, 2.24) is 9.47 Å². The molecule has 2 heterocycles. The van der Waals surface area contributed by atoms with Crippen LogP contribution in [-0.4, -0.2) is 42.3 Å². The van der Waals surface area contributed by atoms with Crippen molar-refractivity contribution in [2.45, 2.75) is 12.6 Å². The minimum Gasteiger partial charge on any atom is -0.374 e. The van der Waals surface area contributed by atoms with Gasteiger partial charge in [0.2, 0.25) is 0 Å². The third kappa shape index (κ3) is 2.75. The van der Waals surface area contributed by atoms with Crippen LogP contribution in [0.25, 0.3) is 10.9 Å². The molecule has 3 rings (SSSR count). The molecule has 1 aromatic carbocycles. The van der Waals surface area contributed by atoms with Crippen molar-refractivity contribution in [2.24, 2.45) is 0 Å². The molecule has 0 bridgehead atoms. The SMILES string of the molecule is CN1CCOC(Cn2ccc3c(Cl)cc(Cl)cc32)C1. The molecule has 0 saturated carbocycles. The molecule has 1 unspecified atom stereocenters. The van der Waals surface area contributed by atoms with Crippen molar-refractivity contribution >= 4 is 34.1 Å². The Kier molecular flexibility index (Phi) is 3.72. The Balaban J connectivity index is 1.88. The first-order chi connectivity index (χ1) is 9.13. The molecular formula is C14H16Cl2N2O. The van der Waals surface area contributed by atoms with Gasteiger partial charge in [0.1, 0.15) is 0 Å². The van der Waals surface area contributed by atoms with Crippen LogP contribution in [0.5, 0.6) is 0 Å². The fourth-order valence-electron chi connectivity index (χ4n) is 2.57. The Hall–Kier alpha value is -0.740. The number of hydrogen-bond acceptors (Lipinski definition) is 2. The first-order valence-corrected chi connectivity index (χ1v) is 7.13. The summed E-state index contributed by atoms with van der Waals surface area (Å²) in [4.78, 5) is 2.29. The average molecular weight is 299 g/mol. The van der Waals surface area contributed by atoms with Gasteiger partial charge < -0.3 is 14.2 Å². The second kappa shape index (κ2) is 5.33. The van der Waals surface area contributed by atoms with E-state index in [4.69, 9.17) is 27.9 Å². The molecule has 1 saturated heterocycles. The molecule has 0 amide bonds. The van der Waals surface area contributed by atoms with Gasteiger partial charge in [-0.1, -0.05) is 23.2 Å². The molecule has 1 fully saturated rings. The molecule has 0 aliphatic carbocycles. The first kappa shape index (κ1) is 13.3. The average Bonchev–Trinajstić information content (AvgIpc) is 2.73. The predicted molar refractivity (Wildman–Crippen MR) is 79.2 cm³/mol. The van der Waals surface area contributed by atoms with Crippen LogP contribution >= 0.6 is 23.2 Å². The highest BCUT2D eigenvalue weighted by Gasteiger charge is 2.19. The monoisotopic (exact) mass is 298 g/mol. The molecule has 5 heteroatoms. The van der Waals surface area contributed by atoms with E-state index in [1.165, 1.54) is 0 Å². The number of halogens is 2. The maximum Gasteiger partial charge on any atom is 0.0881 e. The summed E-state index contributed by atoms with van der Waals surface area (Å²) in [5, 5.41) is 2.40. The highest BCUT2D eigenvalue weighted by atomic mass is 35.5. The Morgan fingerprint density at radius 1 is 1.37 bits per heavy atom. The summed E-state index contributed by atoms with van der Waals surface area (Å²) in [5.41, 5.74) is 1.06. The molecule has 2 aromatic rings. The minimum absolute atomic E-state index is 0.215. The number of morpholine rings is 1. The number of hydrogen-bond donors (Lipinski definition) is 0. The van der Waals surface area contributed by atoms with E-state index in [2.05, 4.69) is 16.5 Å². The van der Waals surface area contributed by atoms with Gasteiger partial charge in [-0.15, -0.1) is 0 Å². The van der Waals surface area contributed by atoms with Crippen molar-refractivity contribution in [1.29, 1.82) is 0 Å². The molecule has 102 valence electrons. The van der Waals surface area contributed by atoms with Crippen LogP contribution in [0.3, 0.4) is 0 Å². The maximum absolute atomic E-state index is 6.20. The number of fused-ring (bicyclic) bond motifs is 1. The van der Waals surface area contributed by atoms with Crippen molar-refractivity contribution < 1.29 is 4.74 Å². The predicted octanol–water partition coefficient (Wildman–Crippen LogP) is 3.28. The van der Waals surface area contributed by atoms with Crippen molar-refractivity contribution in [2.75, 3.05) is 26.7 Å². The van der Waals surface area contributed by atoms with E-state index < -0.39 is 0 Å². The quantitative estimate of drug-likeness (QED) is 0.846. The van der Waals surface area contributed by atoms with Gasteiger partial charge in [0.25, 0.3) is 0 Å². The van der Waals surface area contributed by atoms with E-state index in [-0.39, 0.29) is 6.10 Å². The molecule has 1 aromatic heterocycles. The zero-order chi connectivity index (χ0) is 13.4.